The van der Waals surface area contributed by atoms with Gasteiger partial charge in [-0.15, -0.1) is 5.06 Å². The van der Waals surface area contributed by atoms with Crippen LogP contribution in [0.15, 0.2) is 0 Å². The minimum atomic E-state index is -0.482. The molecule has 1 heterocycles. The fraction of sp³-hybridized carbons (Fsp3) is 0.667. The first-order chi connectivity index (χ1) is 5.16. The summed E-state index contributed by atoms with van der Waals surface area (Å²) < 4.78 is 0. The summed E-state index contributed by atoms with van der Waals surface area (Å²) in [6.45, 7) is 3.63. The molecule has 0 aromatic rings. The predicted molar refractivity (Wildman–Crippen MR) is 36.5 cm³/mol. The van der Waals surface area contributed by atoms with Crippen molar-refractivity contribution in [1.82, 2.24) is 10.4 Å². The summed E-state index contributed by atoms with van der Waals surface area (Å²) in [5, 5.41) is 3.17. The maximum absolute atomic E-state index is 11.0. The van der Waals surface area contributed by atoms with Crippen molar-refractivity contribution >= 4 is 11.9 Å². The number of hydrogen-bond donors (Lipinski definition) is 1. The number of rotatable bonds is 2. The van der Waals surface area contributed by atoms with E-state index in [2.05, 4.69) is 5.32 Å². The fourth-order valence-electron chi connectivity index (χ4n) is 0.833. The van der Waals surface area contributed by atoms with Gasteiger partial charge in [0.1, 0.15) is 6.04 Å². The van der Waals surface area contributed by atoms with Crippen LogP contribution in [0.4, 0.5) is 4.79 Å². The number of hydroxylamine groups is 2. The van der Waals surface area contributed by atoms with E-state index in [0.717, 1.165) is 5.06 Å². The van der Waals surface area contributed by atoms with Gasteiger partial charge in [0.05, 0.1) is 6.61 Å². The van der Waals surface area contributed by atoms with Gasteiger partial charge >= 0.3 is 6.03 Å². The van der Waals surface area contributed by atoms with E-state index in [0.29, 0.717) is 6.61 Å². The third-order valence-electron chi connectivity index (χ3n) is 1.35. The third-order valence-corrected chi connectivity index (χ3v) is 1.35. The topological polar surface area (TPSA) is 58.6 Å². The Bertz CT molecular complexity index is 192. The van der Waals surface area contributed by atoms with Crippen molar-refractivity contribution < 1.29 is 14.4 Å². The minimum Gasteiger partial charge on any atom is -0.324 e. The van der Waals surface area contributed by atoms with Crippen LogP contribution in [0.25, 0.3) is 0 Å². The smallest absolute Gasteiger partial charge is 0.324 e. The average molecular weight is 158 g/mol. The highest BCUT2D eigenvalue weighted by Gasteiger charge is 2.35. The van der Waals surface area contributed by atoms with Crippen LogP contribution in [-0.4, -0.2) is 29.7 Å². The average Bonchev–Trinajstić information content (AvgIpc) is 2.17. The van der Waals surface area contributed by atoms with E-state index >= 15 is 0 Å². The van der Waals surface area contributed by atoms with Crippen LogP contribution in [0.3, 0.4) is 0 Å². The second-order valence-electron chi connectivity index (χ2n) is 2.22. The van der Waals surface area contributed by atoms with E-state index in [1.165, 1.54) is 0 Å². The van der Waals surface area contributed by atoms with E-state index in [-0.39, 0.29) is 5.91 Å². The van der Waals surface area contributed by atoms with Crippen molar-refractivity contribution in [3.05, 3.63) is 0 Å². The molecule has 11 heavy (non-hydrogen) atoms. The van der Waals surface area contributed by atoms with Crippen LogP contribution in [0.1, 0.15) is 13.8 Å². The zero-order valence-corrected chi connectivity index (χ0v) is 6.46. The minimum absolute atomic E-state index is 0.311. The highest BCUT2D eigenvalue weighted by molar-refractivity contribution is 6.02. The van der Waals surface area contributed by atoms with Crippen LogP contribution in [0, 0.1) is 0 Å². The number of nitrogens with zero attached hydrogens (tertiary/aromatic N) is 1. The summed E-state index contributed by atoms with van der Waals surface area (Å²) in [5.74, 6) is -0.336. The fourth-order valence-corrected chi connectivity index (χ4v) is 0.833. The number of imide groups is 1. The van der Waals surface area contributed by atoms with Crippen molar-refractivity contribution in [2.24, 2.45) is 0 Å². The molecule has 5 heteroatoms. The van der Waals surface area contributed by atoms with Crippen LogP contribution in [0.5, 0.6) is 0 Å². The van der Waals surface area contributed by atoms with Gasteiger partial charge in [-0.2, -0.15) is 0 Å². The SMILES string of the molecule is CCON1C(=O)N[C@H](C)C1=O. The molecule has 1 atom stereocenters. The van der Waals surface area contributed by atoms with Crippen molar-refractivity contribution in [2.75, 3.05) is 6.61 Å². The van der Waals surface area contributed by atoms with Gasteiger partial charge in [0.25, 0.3) is 5.91 Å². The molecular formula is C6H10N2O3. The molecule has 0 aromatic heterocycles. The zero-order valence-electron chi connectivity index (χ0n) is 6.46. The monoisotopic (exact) mass is 158 g/mol. The summed E-state index contributed by atoms with van der Waals surface area (Å²) in [5.41, 5.74) is 0. The van der Waals surface area contributed by atoms with Gasteiger partial charge in [0, 0.05) is 0 Å². The third kappa shape index (κ3) is 1.32. The van der Waals surface area contributed by atoms with E-state index in [9.17, 15) is 9.59 Å². The lowest BCUT2D eigenvalue weighted by molar-refractivity contribution is -0.161. The Morgan fingerprint density at radius 1 is 1.64 bits per heavy atom. The van der Waals surface area contributed by atoms with Gasteiger partial charge in [0.2, 0.25) is 0 Å². The molecule has 0 saturated carbocycles. The molecule has 3 amide bonds. The lowest BCUT2D eigenvalue weighted by Gasteiger charge is -2.09. The molecule has 0 unspecified atom stereocenters. The molecule has 1 fully saturated rings. The van der Waals surface area contributed by atoms with Gasteiger partial charge in [0.15, 0.2) is 0 Å². The van der Waals surface area contributed by atoms with Crippen molar-refractivity contribution in [1.29, 1.82) is 0 Å². The molecule has 62 valence electrons. The molecule has 1 aliphatic rings. The second kappa shape index (κ2) is 2.87. The molecule has 0 aromatic carbocycles. The standard InChI is InChI=1S/C6H10N2O3/c1-3-11-8-5(9)4(2)7-6(8)10/h4H,3H2,1-2H3,(H,7,10)/t4-/m1/s1. The van der Waals surface area contributed by atoms with Crippen LogP contribution < -0.4 is 5.32 Å². The van der Waals surface area contributed by atoms with Gasteiger partial charge in [-0.05, 0) is 13.8 Å². The van der Waals surface area contributed by atoms with E-state index in [1.54, 1.807) is 13.8 Å². The number of urea groups is 1. The second-order valence-corrected chi connectivity index (χ2v) is 2.22. The Balaban J connectivity index is 2.64. The number of carbonyl (C=O) groups is 2. The van der Waals surface area contributed by atoms with E-state index < -0.39 is 12.1 Å². The van der Waals surface area contributed by atoms with Gasteiger partial charge in [-0.1, -0.05) is 0 Å². The highest BCUT2D eigenvalue weighted by Crippen LogP contribution is 2.05. The van der Waals surface area contributed by atoms with Gasteiger partial charge in [-0.3, -0.25) is 9.63 Å². The summed E-state index contributed by atoms with van der Waals surface area (Å²) in [7, 11) is 0. The number of carbonyl (C=O) groups excluding carboxylic acids is 2. The normalized spacial score (nSPS) is 24.2. The summed E-state index contributed by atoms with van der Waals surface area (Å²) >= 11 is 0. The van der Waals surface area contributed by atoms with E-state index in [1.807, 2.05) is 0 Å². The Morgan fingerprint density at radius 3 is 2.64 bits per heavy atom. The molecule has 0 radical (unpaired) electrons. The molecule has 5 nitrogen and oxygen atoms in total. The first-order valence-corrected chi connectivity index (χ1v) is 3.44. The van der Waals surface area contributed by atoms with Crippen LogP contribution >= 0.6 is 0 Å². The van der Waals surface area contributed by atoms with Crippen molar-refractivity contribution in [3.63, 3.8) is 0 Å². The Labute approximate surface area is 64.3 Å². The highest BCUT2D eigenvalue weighted by atomic mass is 16.7. The molecule has 0 spiro atoms. The Kier molecular flexibility index (Phi) is 2.09. The van der Waals surface area contributed by atoms with Gasteiger partial charge in [-0.25, -0.2) is 4.79 Å². The molecule has 1 saturated heterocycles. The van der Waals surface area contributed by atoms with Crippen LogP contribution in [0.2, 0.25) is 0 Å². The largest absolute Gasteiger partial charge is 0.349 e. The molecule has 0 bridgehead atoms. The first kappa shape index (κ1) is 8.00. The van der Waals surface area contributed by atoms with Crippen LogP contribution in [-0.2, 0) is 9.63 Å². The summed E-state index contributed by atoms with van der Waals surface area (Å²) in [6.07, 6.45) is 0. The number of nitrogens with one attached hydrogen (secondary N) is 1. The Hall–Kier alpha value is -1.10. The summed E-state index contributed by atoms with van der Waals surface area (Å²) in [4.78, 5) is 26.6. The first-order valence-electron chi connectivity index (χ1n) is 3.44. The molecule has 0 aliphatic carbocycles. The predicted octanol–water partition coefficient (Wildman–Crippen LogP) is -0.122. The lowest BCUT2D eigenvalue weighted by Crippen LogP contribution is -2.31. The molecule has 1 aliphatic heterocycles. The maximum atomic E-state index is 11.0. The summed E-state index contributed by atoms with van der Waals surface area (Å²) in [6, 6.07) is -0.946. The maximum Gasteiger partial charge on any atom is 0.349 e. The van der Waals surface area contributed by atoms with Gasteiger partial charge < -0.3 is 5.32 Å². The zero-order chi connectivity index (χ0) is 8.43. The number of amides is 3. The van der Waals surface area contributed by atoms with E-state index in [4.69, 9.17) is 4.84 Å². The lowest BCUT2D eigenvalue weighted by atomic mass is 10.4. The van der Waals surface area contributed by atoms with Crippen molar-refractivity contribution in [2.45, 2.75) is 19.9 Å². The molecular weight excluding hydrogens is 148 g/mol. The quantitative estimate of drug-likeness (QED) is 0.570. The Morgan fingerprint density at radius 2 is 2.27 bits per heavy atom. The molecule has 1 rings (SSSR count). The van der Waals surface area contributed by atoms with Crippen molar-refractivity contribution in [3.8, 4) is 0 Å². The number of hydrogen-bond acceptors (Lipinski definition) is 3. The molecule has 1 N–H and O–H groups in total.